The Labute approximate surface area is 231 Å². The van der Waals surface area contributed by atoms with Gasteiger partial charge in [-0.25, -0.2) is 9.97 Å². The Balaban J connectivity index is 1.47. The van der Waals surface area contributed by atoms with Crippen LogP contribution in [-0.4, -0.2) is 14.5 Å². The Bertz CT molecular complexity index is 2220. The highest BCUT2D eigenvalue weighted by molar-refractivity contribution is 6.12. The third-order valence-electron chi connectivity index (χ3n) is 7.90. The molecule has 0 amide bonds. The number of aromatic nitrogens is 3. The van der Waals surface area contributed by atoms with Gasteiger partial charge in [0.15, 0.2) is 11.5 Å². The standard InChI is InChI=1S/C36H25N3O/c1-22-17-19-30(34-32(22)29-20-18-25(21-31(29)40-34)24-11-5-3-6-12-24)36-38-35-33(39(36)26-13-7-4-8-14-26)28-16-10-9-15-27(28)23(2)37-35/h3-21H,1-2H3. The van der Waals surface area contributed by atoms with Crippen molar-refractivity contribution in [3.05, 3.63) is 127 Å². The summed E-state index contributed by atoms with van der Waals surface area (Å²) >= 11 is 0. The fraction of sp³-hybridized carbons (Fsp3) is 0.0556. The van der Waals surface area contributed by atoms with Gasteiger partial charge in [0.25, 0.3) is 0 Å². The number of nitrogens with zero attached hydrogens (tertiary/aromatic N) is 3. The molecule has 0 saturated carbocycles. The molecular formula is C36H25N3O. The molecular weight excluding hydrogens is 490 g/mol. The topological polar surface area (TPSA) is 43.9 Å². The van der Waals surface area contributed by atoms with Gasteiger partial charge in [-0.15, -0.1) is 0 Å². The van der Waals surface area contributed by atoms with E-state index in [2.05, 4.69) is 122 Å². The minimum absolute atomic E-state index is 0.728. The van der Waals surface area contributed by atoms with Crippen molar-refractivity contribution in [3.8, 4) is 28.2 Å². The summed E-state index contributed by atoms with van der Waals surface area (Å²) < 4.78 is 8.94. The zero-order valence-corrected chi connectivity index (χ0v) is 22.2. The number of rotatable bonds is 3. The average molecular weight is 516 g/mol. The van der Waals surface area contributed by atoms with Gasteiger partial charge in [0.1, 0.15) is 16.7 Å². The van der Waals surface area contributed by atoms with Gasteiger partial charge >= 0.3 is 0 Å². The first-order chi connectivity index (χ1) is 19.7. The van der Waals surface area contributed by atoms with Crippen LogP contribution in [-0.2, 0) is 0 Å². The summed E-state index contributed by atoms with van der Waals surface area (Å²) in [6.45, 7) is 4.20. The van der Waals surface area contributed by atoms with Crippen molar-refractivity contribution in [1.82, 2.24) is 14.5 Å². The molecule has 8 aromatic rings. The monoisotopic (exact) mass is 515 g/mol. The van der Waals surface area contributed by atoms with Crippen LogP contribution in [0.2, 0.25) is 0 Å². The molecule has 3 heterocycles. The predicted molar refractivity (Wildman–Crippen MR) is 164 cm³/mol. The Morgan fingerprint density at radius 3 is 2.15 bits per heavy atom. The van der Waals surface area contributed by atoms with Crippen molar-refractivity contribution in [2.45, 2.75) is 13.8 Å². The molecule has 0 bridgehead atoms. The van der Waals surface area contributed by atoms with Gasteiger partial charge in [0, 0.05) is 32.9 Å². The van der Waals surface area contributed by atoms with Gasteiger partial charge < -0.3 is 4.42 Å². The number of furan rings is 1. The van der Waals surface area contributed by atoms with E-state index in [1.54, 1.807) is 0 Å². The van der Waals surface area contributed by atoms with E-state index < -0.39 is 0 Å². The molecule has 0 atom stereocenters. The fourth-order valence-electron chi connectivity index (χ4n) is 5.99. The lowest BCUT2D eigenvalue weighted by atomic mass is 10.0. The molecule has 40 heavy (non-hydrogen) atoms. The van der Waals surface area contributed by atoms with Crippen LogP contribution in [0.15, 0.2) is 120 Å². The second-order valence-corrected chi connectivity index (χ2v) is 10.3. The zero-order valence-electron chi connectivity index (χ0n) is 22.2. The van der Waals surface area contributed by atoms with Crippen LogP contribution >= 0.6 is 0 Å². The first-order valence-electron chi connectivity index (χ1n) is 13.5. The van der Waals surface area contributed by atoms with E-state index in [1.807, 2.05) is 12.1 Å². The SMILES string of the molecule is Cc1nc2nc(-c3ccc(C)c4c3oc3cc(-c5ccccc5)ccc34)n(-c3ccccc3)c2c2ccccc12. The van der Waals surface area contributed by atoms with Crippen molar-refractivity contribution in [2.24, 2.45) is 0 Å². The number of hydrogen-bond acceptors (Lipinski definition) is 3. The minimum atomic E-state index is 0.728. The number of hydrogen-bond donors (Lipinski definition) is 0. The largest absolute Gasteiger partial charge is 0.455 e. The van der Waals surface area contributed by atoms with Gasteiger partial charge in [0.05, 0.1) is 5.56 Å². The summed E-state index contributed by atoms with van der Waals surface area (Å²) in [5, 5.41) is 4.49. The maximum Gasteiger partial charge on any atom is 0.179 e. The van der Waals surface area contributed by atoms with Crippen LogP contribution in [0.25, 0.3) is 72.1 Å². The first-order valence-corrected chi connectivity index (χ1v) is 13.5. The van der Waals surface area contributed by atoms with Crippen LogP contribution in [0.5, 0.6) is 0 Å². The molecule has 0 N–H and O–H groups in total. The molecule has 0 fully saturated rings. The molecule has 0 spiro atoms. The Morgan fingerprint density at radius 2 is 1.35 bits per heavy atom. The molecule has 0 saturated heterocycles. The van der Waals surface area contributed by atoms with Crippen molar-refractivity contribution in [1.29, 1.82) is 0 Å². The molecule has 4 nitrogen and oxygen atoms in total. The molecule has 0 aliphatic rings. The maximum atomic E-state index is 6.71. The normalized spacial score (nSPS) is 11.8. The van der Waals surface area contributed by atoms with Gasteiger partial charge in [0.2, 0.25) is 0 Å². The number of pyridine rings is 1. The molecule has 0 unspecified atom stereocenters. The average Bonchev–Trinajstić information content (AvgIpc) is 3.57. The number of fused-ring (bicyclic) bond motifs is 6. The molecule has 0 aliphatic heterocycles. The summed E-state index contributed by atoms with van der Waals surface area (Å²) in [7, 11) is 0. The zero-order chi connectivity index (χ0) is 26.8. The van der Waals surface area contributed by atoms with E-state index in [0.29, 0.717) is 0 Å². The molecule has 4 heteroatoms. The third kappa shape index (κ3) is 3.33. The van der Waals surface area contributed by atoms with E-state index in [-0.39, 0.29) is 0 Å². The lowest BCUT2D eigenvalue weighted by Gasteiger charge is -2.12. The fourth-order valence-corrected chi connectivity index (χ4v) is 5.99. The van der Waals surface area contributed by atoms with Crippen LogP contribution in [0.3, 0.4) is 0 Å². The van der Waals surface area contributed by atoms with E-state index in [9.17, 15) is 0 Å². The Kier molecular flexibility index (Phi) is 4.92. The van der Waals surface area contributed by atoms with Gasteiger partial charge in [-0.3, -0.25) is 4.57 Å². The lowest BCUT2D eigenvalue weighted by Crippen LogP contribution is -1.98. The summed E-state index contributed by atoms with van der Waals surface area (Å²) in [4.78, 5) is 10.1. The number of aryl methyl sites for hydroxylation is 2. The highest BCUT2D eigenvalue weighted by atomic mass is 16.3. The van der Waals surface area contributed by atoms with Crippen LogP contribution in [0.4, 0.5) is 0 Å². The number of imidazole rings is 1. The van der Waals surface area contributed by atoms with Crippen LogP contribution in [0.1, 0.15) is 11.3 Å². The van der Waals surface area contributed by atoms with Crippen molar-refractivity contribution >= 4 is 43.9 Å². The molecule has 0 radical (unpaired) electrons. The molecule has 0 aliphatic carbocycles. The summed E-state index contributed by atoms with van der Waals surface area (Å²) in [6, 6.07) is 40.1. The molecule has 5 aromatic carbocycles. The van der Waals surface area contributed by atoms with E-state index in [0.717, 1.165) is 72.2 Å². The first kappa shape index (κ1) is 22.7. The highest BCUT2D eigenvalue weighted by Gasteiger charge is 2.23. The predicted octanol–water partition coefficient (Wildman–Crippen LogP) is 9.42. The Hall–Kier alpha value is -5.22. The van der Waals surface area contributed by atoms with E-state index >= 15 is 0 Å². The number of para-hydroxylation sites is 1. The van der Waals surface area contributed by atoms with Crippen molar-refractivity contribution < 1.29 is 4.42 Å². The van der Waals surface area contributed by atoms with Gasteiger partial charge in [-0.1, -0.05) is 84.9 Å². The van der Waals surface area contributed by atoms with Gasteiger partial charge in [-0.05, 0) is 60.9 Å². The third-order valence-corrected chi connectivity index (χ3v) is 7.90. The van der Waals surface area contributed by atoms with Crippen LogP contribution in [0, 0.1) is 13.8 Å². The van der Waals surface area contributed by atoms with Crippen molar-refractivity contribution in [3.63, 3.8) is 0 Å². The Morgan fingerprint density at radius 1 is 0.625 bits per heavy atom. The number of benzene rings is 5. The second-order valence-electron chi connectivity index (χ2n) is 10.3. The van der Waals surface area contributed by atoms with Crippen molar-refractivity contribution in [2.75, 3.05) is 0 Å². The molecule has 190 valence electrons. The molecule has 8 rings (SSSR count). The summed E-state index contributed by atoms with van der Waals surface area (Å²) in [6.07, 6.45) is 0. The van der Waals surface area contributed by atoms with Gasteiger partial charge in [-0.2, -0.15) is 0 Å². The summed E-state index contributed by atoms with van der Waals surface area (Å²) in [5.74, 6) is 0.816. The maximum absolute atomic E-state index is 6.71. The quantitative estimate of drug-likeness (QED) is 0.235. The van der Waals surface area contributed by atoms with Crippen LogP contribution < -0.4 is 0 Å². The highest BCUT2D eigenvalue weighted by Crippen LogP contribution is 2.41. The smallest absolute Gasteiger partial charge is 0.179 e. The molecule has 3 aromatic heterocycles. The second kappa shape index (κ2) is 8.65. The summed E-state index contributed by atoms with van der Waals surface area (Å²) in [5.41, 5.74) is 9.86. The lowest BCUT2D eigenvalue weighted by molar-refractivity contribution is 0.669. The van der Waals surface area contributed by atoms with E-state index in [1.165, 1.54) is 11.1 Å². The van der Waals surface area contributed by atoms with E-state index in [4.69, 9.17) is 14.4 Å². The minimum Gasteiger partial charge on any atom is -0.455 e.